The summed E-state index contributed by atoms with van der Waals surface area (Å²) < 4.78 is 0. The van der Waals surface area contributed by atoms with Crippen molar-refractivity contribution < 1.29 is 4.79 Å². The van der Waals surface area contributed by atoms with E-state index in [1.807, 2.05) is 30.5 Å². The fourth-order valence-electron chi connectivity index (χ4n) is 3.90. The molecular formula is C26H22ClN5O. The van der Waals surface area contributed by atoms with Gasteiger partial charge >= 0.3 is 0 Å². The SMILES string of the molecule is CCc1cnc2ccc(Cc3cc(C(=O)NCc4[nH]nc5ccc(Cl)cc45)ccn3)cc2c1. The molecule has 0 saturated heterocycles. The summed E-state index contributed by atoms with van der Waals surface area (Å²) in [6.45, 7) is 2.45. The van der Waals surface area contributed by atoms with Gasteiger partial charge in [-0.15, -0.1) is 0 Å². The van der Waals surface area contributed by atoms with E-state index in [1.54, 1.807) is 18.3 Å². The minimum absolute atomic E-state index is 0.168. The first-order valence-corrected chi connectivity index (χ1v) is 11.2. The van der Waals surface area contributed by atoms with E-state index in [9.17, 15) is 4.79 Å². The van der Waals surface area contributed by atoms with Crippen molar-refractivity contribution in [1.29, 1.82) is 0 Å². The average Bonchev–Trinajstić information content (AvgIpc) is 3.24. The molecule has 2 aromatic carbocycles. The molecule has 0 saturated carbocycles. The highest BCUT2D eigenvalue weighted by Crippen LogP contribution is 2.21. The lowest BCUT2D eigenvalue weighted by Crippen LogP contribution is -2.23. The van der Waals surface area contributed by atoms with Crippen molar-refractivity contribution in [3.8, 4) is 0 Å². The molecule has 3 aromatic heterocycles. The Morgan fingerprint density at radius 2 is 1.85 bits per heavy atom. The number of pyridine rings is 2. The number of carbonyl (C=O) groups excluding carboxylic acids is 1. The van der Waals surface area contributed by atoms with Gasteiger partial charge in [0, 0.05) is 45.9 Å². The molecule has 0 unspecified atom stereocenters. The number of aromatic nitrogens is 4. The molecule has 0 atom stereocenters. The van der Waals surface area contributed by atoms with E-state index in [4.69, 9.17) is 11.6 Å². The summed E-state index contributed by atoms with van der Waals surface area (Å²) in [5.74, 6) is -0.168. The van der Waals surface area contributed by atoms with Crippen molar-refractivity contribution in [2.45, 2.75) is 26.3 Å². The van der Waals surface area contributed by atoms with Crippen LogP contribution in [0.25, 0.3) is 21.8 Å². The maximum Gasteiger partial charge on any atom is 0.251 e. The minimum Gasteiger partial charge on any atom is -0.346 e. The van der Waals surface area contributed by atoms with E-state index >= 15 is 0 Å². The number of benzene rings is 2. The van der Waals surface area contributed by atoms with Gasteiger partial charge in [-0.1, -0.05) is 24.6 Å². The minimum atomic E-state index is -0.168. The Kier molecular flexibility index (Phi) is 5.75. The predicted octanol–water partition coefficient (Wildman–Crippen LogP) is 5.24. The van der Waals surface area contributed by atoms with Gasteiger partial charge in [0.1, 0.15) is 0 Å². The third kappa shape index (κ3) is 4.56. The molecule has 1 amide bonds. The quantitative estimate of drug-likeness (QED) is 0.366. The van der Waals surface area contributed by atoms with Crippen LogP contribution in [-0.4, -0.2) is 26.1 Å². The maximum absolute atomic E-state index is 12.8. The largest absolute Gasteiger partial charge is 0.346 e. The van der Waals surface area contributed by atoms with Gasteiger partial charge in [0.2, 0.25) is 0 Å². The summed E-state index contributed by atoms with van der Waals surface area (Å²) in [5, 5.41) is 12.8. The fourth-order valence-corrected chi connectivity index (χ4v) is 4.07. The summed E-state index contributed by atoms with van der Waals surface area (Å²) >= 11 is 6.10. The second-order valence-electron chi connectivity index (χ2n) is 7.98. The van der Waals surface area contributed by atoms with Crippen molar-refractivity contribution in [1.82, 2.24) is 25.5 Å². The van der Waals surface area contributed by atoms with Crippen LogP contribution in [0.3, 0.4) is 0 Å². The summed E-state index contributed by atoms with van der Waals surface area (Å²) in [7, 11) is 0. The molecule has 5 rings (SSSR count). The van der Waals surface area contributed by atoms with Crippen LogP contribution in [0.1, 0.15) is 39.8 Å². The first-order chi connectivity index (χ1) is 16.1. The van der Waals surface area contributed by atoms with Gasteiger partial charge in [-0.05, 0) is 66.1 Å². The zero-order chi connectivity index (χ0) is 22.8. The number of aromatic amines is 1. The van der Waals surface area contributed by atoms with Gasteiger partial charge in [0.05, 0.1) is 23.3 Å². The first-order valence-electron chi connectivity index (χ1n) is 10.8. The standard InChI is InChI=1S/C26H22ClN5O/c1-2-16-9-19-10-17(3-5-23(19)29-14-16)11-21-12-18(7-8-28-21)26(33)30-15-25-22-13-20(27)4-6-24(22)31-32-25/h3-10,12-14H,2,11,15H2,1H3,(H,30,33)(H,31,32). The van der Waals surface area contributed by atoms with Crippen molar-refractivity contribution >= 4 is 39.3 Å². The van der Waals surface area contributed by atoms with E-state index in [0.717, 1.165) is 45.2 Å². The molecule has 33 heavy (non-hydrogen) atoms. The first kappa shape index (κ1) is 21.1. The monoisotopic (exact) mass is 455 g/mol. The van der Waals surface area contributed by atoms with Crippen LogP contribution >= 0.6 is 11.6 Å². The Balaban J connectivity index is 1.30. The number of carbonyl (C=O) groups is 1. The number of rotatable bonds is 6. The Labute approximate surface area is 196 Å². The number of hydrogen-bond donors (Lipinski definition) is 2. The summed E-state index contributed by atoms with van der Waals surface area (Å²) in [6.07, 6.45) is 5.18. The van der Waals surface area contributed by atoms with E-state index in [2.05, 4.69) is 50.6 Å². The van der Waals surface area contributed by atoms with Crippen molar-refractivity contribution in [3.63, 3.8) is 0 Å². The molecular weight excluding hydrogens is 434 g/mol. The molecule has 5 aromatic rings. The molecule has 0 spiro atoms. The second-order valence-corrected chi connectivity index (χ2v) is 8.42. The number of nitrogens with zero attached hydrogens (tertiary/aromatic N) is 3. The lowest BCUT2D eigenvalue weighted by molar-refractivity contribution is 0.0950. The van der Waals surface area contributed by atoms with Crippen molar-refractivity contribution in [2.24, 2.45) is 0 Å². The lowest BCUT2D eigenvalue weighted by Gasteiger charge is -2.08. The number of fused-ring (bicyclic) bond motifs is 2. The van der Waals surface area contributed by atoms with Crippen LogP contribution in [0.5, 0.6) is 0 Å². The Morgan fingerprint density at radius 3 is 2.73 bits per heavy atom. The number of H-pyrrole nitrogens is 1. The van der Waals surface area contributed by atoms with Crippen molar-refractivity contribution in [3.05, 3.63) is 100 Å². The highest BCUT2D eigenvalue weighted by molar-refractivity contribution is 6.31. The molecule has 0 bridgehead atoms. The highest BCUT2D eigenvalue weighted by Gasteiger charge is 2.11. The molecule has 3 heterocycles. The molecule has 7 heteroatoms. The Morgan fingerprint density at radius 1 is 1.00 bits per heavy atom. The average molecular weight is 456 g/mol. The summed E-state index contributed by atoms with van der Waals surface area (Å²) in [6, 6.07) is 17.4. The van der Waals surface area contributed by atoms with Crippen LogP contribution in [-0.2, 0) is 19.4 Å². The molecule has 0 aliphatic rings. The molecule has 0 aliphatic carbocycles. The molecule has 6 nitrogen and oxygen atoms in total. The molecule has 0 aliphatic heterocycles. The van der Waals surface area contributed by atoms with Crippen LogP contribution in [0.4, 0.5) is 0 Å². The number of amides is 1. The lowest BCUT2D eigenvalue weighted by atomic mass is 10.0. The van der Waals surface area contributed by atoms with Gasteiger partial charge in [-0.3, -0.25) is 19.9 Å². The van der Waals surface area contributed by atoms with Crippen LogP contribution in [0, 0.1) is 0 Å². The third-order valence-corrected chi connectivity index (χ3v) is 5.93. The molecule has 2 N–H and O–H groups in total. The van der Waals surface area contributed by atoms with Gasteiger partial charge in [0.15, 0.2) is 0 Å². The summed E-state index contributed by atoms with van der Waals surface area (Å²) in [5.41, 5.74) is 6.34. The number of halogens is 1. The Bertz CT molecular complexity index is 1480. The van der Waals surface area contributed by atoms with E-state index in [-0.39, 0.29) is 5.91 Å². The smallest absolute Gasteiger partial charge is 0.251 e. The van der Waals surface area contributed by atoms with Crippen LogP contribution < -0.4 is 5.32 Å². The van der Waals surface area contributed by atoms with Crippen LogP contribution in [0.15, 0.2) is 67.0 Å². The van der Waals surface area contributed by atoms with E-state index in [1.165, 1.54) is 5.56 Å². The highest BCUT2D eigenvalue weighted by atomic mass is 35.5. The fraction of sp³-hybridized carbons (Fsp3) is 0.154. The van der Waals surface area contributed by atoms with Crippen LogP contribution in [0.2, 0.25) is 5.02 Å². The van der Waals surface area contributed by atoms with Gasteiger partial charge in [0.25, 0.3) is 5.91 Å². The second kappa shape index (κ2) is 9.00. The zero-order valence-electron chi connectivity index (χ0n) is 18.1. The van der Waals surface area contributed by atoms with Gasteiger partial charge < -0.3 is 5.32 Å². The topological polar surface area (TPSA) is 83.6 Å². The van der Waals surface area contributed by atoms with Gasteiger partial charge in [-0.25, -0.2) is 0 Å². The number of aryl methyl sites for hydroxylation is 1. The predicted molar refractivity (Wildman–Crippen MR) is 130 cm³/mol. The number of hydrogen-bond acceptors (Lipinski definition) is 4. The molecule has 0 fully saturated rings. The molecule has 164 valence electrons. The molecule has 0 radical (unpaired) electrons. The van der Waals surface area contributed by atoms with Gasteiger partial charge in [-0.2, -0.15) is 5.10 Å². The zero-order valence-corrected chi connectivity index (χ0v) is 18.9. The third-order valence-electron chi connectivity index (χ3n) is 5.70. The van der Waals surface area contributed by atoms with Crippen molar-refractivity contribution in [2.75, 3.05) is 0 Å². The van der Waals surface area contributed by atoms with E-state index < -0.39 is 0 Å². The maximum atomic E-state index is 12.8. The summed E-state index contributed by atoms with van der Waals surface area (Å²) in [4.78, 5) is 21.8. The normalized spacial score (nSPS) is 11.2. The Hall–Kier alpha value is -3.77. The number of nitrogens with one attached hydrogen (secondary N) is 2. The van der Waals surface area contributed by atoms with E-state index in [0.29, 0.717) is 23.6 Å².